The first-order valence-corrected chi connectivity index (χ1v) is 7.36. The Morgan fingerprint density at radius 1 is 1.32 bits per heavy atom. The second-order valence-corrected chi connectivity index (χ2v) is 6.02. The van der Waals surface area contributed by atoms with Gasteiger partial charge in [-0.2, -0.15) is 4.37 Å². The van der Waals surface area contributed by atoms with Gasteiger partial charge in [-0.3, -0.25) is 0 Å². The Kier molecular flexibility index (Phi) is 3.14. The Labute approximate surface area is 117 Å². The topological polar surface area (TPSA) is 55.0 Å². The zero-order valence-electron chi connectivity index (χ0n) is 11.3. The number of nitrogen functional groups attached to an aromatic ring is 1. The molecule has 0 spiro atoms. The predicted molar refractivity (Wildman–Crippen MR) is 79.6 cm³/mol. The maximum atomic E-state index is 5.87. The normalized spacial score (nSPS) is 14.8. The van der Waals surface area contributed by atoms with E-state index >= 15 is 0 Å². The molecule has 0 atom stereocenters. The fourth-order valence-corrected chi connectivity index (χ4v) is 3.16. The van der Waals surface area contributed by atoms with E-state index in [1.807, 2.05) is 6.07 Å². The van der Waals surface area contributed by atoms with E-state index in [1.165, 1.54) is 22.7 Å². The molecular weight excluding hydrogens is 256 g/mol. The van der Waals surface area contributed by atoms with E-state index in [2.05, 4.69) is 40.2 Å². The van der Waals surface area contributed by atoms with Crippen LogP contribution in [0.4, 0.5) is 10.8 Å². The SMILES string of the molecule is CC(C)c1nsc(N2CCc3ccc(N)cc3C2)n1. The molecule has 0 saturated carbocycles. The van der Waals surface area contributed by atoms with Gasteiger partial charge in [-0.1, -0.05) is 19.9 Å². The fraction of sp³-hybridized carbons (Fsp3) is 0.429. The molecule has 0 unspecified atom stereocenters. The molecule has 2 heterocycles. The zero-order chi connectivity index (χ0) is 13.4. The number of benzene rings is 1. The van der Waals surface area contributed by atoms with Gasteiger partial charge in [0.05, 0.1) is 0 Å². The highest BCUT2D eigenvalue weighted by atomic mass is 32.1. The molecule has 0 bridgehead atoms. The Morgan fingerprint density at radius 2 is 2.16 bits per heavy atom. The smallest absolute Gasteiger partial charge is 0.205 e. The van der Waals surface area contributed by atoms with Crippen molar-refractivity contribution < 1.29 is 0 Å². The van der Waals surface area contributed by atoms with Gasteiger partial charge in [0.1, 0.15) is 5.82 Å². The number of rotatable bonds is 2. The summed E-state index contributed by atoms with van der Waals surface area (Å²) in [6, 6.07) is 6.20. The highest BCUT2D eigenvalue weighted by Crippen LogP contribution is 2.28. The summed E-state index contributed by atoms with van der Waals surface area (Å²) in [5.74, 6) is 1.33. The van der Waals surface area contributed by atoms with Gasteiger partial charge < -0.3 is 10.6 Å². The molecule has 0 saturated heterocycles. The van der Waals surface area contributed by atoms with Crippen LogP contribution in [-0.4, -0.2) is 15.9 Å². The first-order chi connectivity index (χ1) is 9.13. The third-order valence-corrected chi connectivity index (χ3v) is 4.25. The van der Waals surface area contributed by atoms with Crippen LogP contribution in [0.3, 0.4) is 0 Å². The third-order valence-electron chi connectivity index (χ3n) is 3.46. The van der Waals surface area contributed by atoms with Gasteiger partial charge in [0.15, 0.2) is 0 Å². The summed E-state index contributed by atoms with van der Waals surface area (Å²) in [6.07, 6.45) is 1.05. The molecule has 3 rings (SSSR count). The Balaban J connectivity index is 1.84. The van der Waals surface area contributed by atoms with Crippen molar-refractivity contribution in [3.8, 4) is 0 Å². The fourth-order valence-electron chi connectivity index (χ4n) is 2.33. The van der Waals surface area contributed by atoms with Crippen LogP contribution in [0.15, 0.2) is 18.2 Å². The largest absolute Gasteiger partial charge is 0.399 e. The number of fused-ring (bicyclic) bond motifs is 1. The molecular formula is C14H18N4S. The lowest BCUT2D eigenvalue weighted by Crippen LogP contribution is -2.30. The number of aromatic nitrogens is 2. The number of hydrogen-bond acceptors (Lipinski definition) is 5. The minimum Gasteiger partial charge on any atom is -0.399 e. The van der Waals surface area contributed by atoms with Crippen LogP contribution >= 0.6 is 11.5 Å². The summed E-state index contributed by atoms with van der Waals surface area (Å²) in [5, 5.41) is 1.02. The summed E-state index contributed by atoms with van der Waals surface area (Å²) in [7, 11) is 0. The zero-order valence-corrected chi connectivity index (χ0v) is 12.1. The van der Waals surface area contributed by atoms with Crippen molar-refractivity contribution in [2.24, 2.45) is 0 Å². The number of nitrogens with zero attached hydrogens (tertiary/aromatic N) is 3. The van der Waals surface area contributed by atoms with Crippen LogP contribution in [0.2, 0.25) is 0 Å². The van der Waals surface area contributed by atoms with Gasteiger partial charge in [-0.05, 0) is 29.7 Å². The second-order valence-electron chi connectivity index (χ2n) is 5.29. The van der Waals surface area contributed by atoms with Crippen molar-refractivity contribution in [2.75, 3.05) is 17.2 Å². The van der Waals surface area contributed by atoms with E-state index in [-0.39, 0.29) is 0 Å². The molecule has 2 N–H and O–H groups in total. The van der Waals surface area contributed by atoms with E-state index in [1.54, 1.807) is 0 Å². The summed E-state index contributed by atoms with van der Waals surface area (Å²) in [6.45, 7) is 6.13. The molecule has 0 radical (unpaired) electrons. The average molecular weight is 274 g/mol. The predicted octanol–water partition coefficient (Wildman–Crippen LogP) is 2.81. The second kappa shape index (κ2) is 4.81. The van der Waals surface area contributed by atoms with Crippen LogP contribution in [0.1, 0.15) is 36.7 Å². The first-order valence-electron chi connectivity index (χ1n) is 6.59. The standard InChI is InChI=1S/C14H18N4S/c1-9(2)13-16-14(19-17-13)18-6-5-10-3-4-12(15)7-11(10)8-18/h3-4,7,9H,5-6,8,15H2,1-2H3. The molecule has 19 heavy (non-hydrogen) atoms. The van der Waals surface area contributed by atoms with Crippen LogP contribution in [-0.2, 0) is 13.0 Å². The van der Waals surface area contributed by atoms with Crippen molar-refractivity contribution in [1.82, 2.24) is 9.36 Å². The molecule has 0 aliphatic carbocycles. The monoisotopic (exact) mass is 274 g/mol. The number of anilines is 2. The highest BCUT2D eigenvalue weighted by molar-refractivity contribution is 7.09. The molecule has 100 valence electrons. The minimum atomic E-state index is 0.387. The molecule has 1 aliphatic rings. The molecule has 5 heteroatoms. The van der Waals surface area contributed by atoms with E-state index < -0.39 is 0 Å². The van der Waals surface area contributed by atoms with Crippen molar-refractivity contribution in [1.29, 1.82) is 0 Å². The van der Waals surface area contributed by atoms with E-state index in [0.29, 0.717) is 5.92 Å². The van der Waals surface area contributed by atoms with Crippen molar-refractivity contribution in [3.63, 3.8) is 0 Å². The quantitative estimate of drug-likeness (QED) is 0.856. The molecule has 1 aromatic heterocycles. The minimum absolute atomic E-state index is 0.387. The lowest BCUT2D eigenvalue weighted by atomic mass is 9.99. The molecule has 4 nitrogen and oxygen atoms in total. The lowest BCUT2D eigenvalue weighted by Gasteiger charge is -2.28. The molecule has 1 aliphatic heterocycles. The van der Waals surface area contributed by atoms with Crippen LogP contribution in [0.5, 0.6) is 0 Å². The molecule has 0 amide bonds. The highest BCUT2D eigenvalue weighted by Gasteiger charge is 2.20. The summed E-state index contributed by atoms with van der Waals surface area (Å²) in [5.41, 5.74) is 9.41. The van der Waals surface area contributed by atoms with Gasteiger partial charge in [-0.15, -0.1) is 0 Å². The summed E-state index contributed by atoms with van der Waals surface area (Å²) < 4.78 is 4.43. The molecule has 1 aromatic carbocycles. The molecule has 0 fully saturated rings. The maximum Gasteiger partial charge on any atom is 0.205 e. The Bertz CT molecular complexity index is 591. The van der Waals surface area contributed by atoms with Crippen molar-refractivity contribution in [3.05, 3.63) is 35.2 Å². The van der Waals surface area contributed by atoms with Crippen LogP contribution in [0.25, 0.3) is 0 Å². The first kappa shape index (κ1) is 12.4. The van der Waals surface area contributed by atoms with E-state index in [9.17, 15) is 0 Å². The summed E-state index contributed by atoms with van der Waals surface area (Å²) >= 11 is 1.50. The van der Waals surface area contributed by atoms with Gasteiger partial charge in [-0.25, -0.2) is 4.98 Å². The third kappa shape index (κ3) is 2.42. The van der Waals surface area contributed by atoms with E-state index in [4.69, 9.17) is 5.73 Å². The van der Waals surface area contributed by atoms with Gasteiger partial charge in [0.2, 0.25) is 5.13 Å². The van der Waals surface area contributed by atoms with Crippen LogP contribution < -0.4 is 10.6 Å². The van der Waals surface area contributed by atoms with Crippen molar-refractivity contribution in [2.45, 2.75) is 32.7 Å². The lowest BCUT2D eigenvalue weighted by molar-refractivity contribution is 0.721. The Morgan fingerprint density at radius 3 is 2.89 bits per heavy atom. The summed E-state index contributed by atoms with van der Waals surface area (Å²) in [4.78, 5) is 6.93. The maximum absolute atomic E-state index is 5.87. The van der Waals surface area contributed by atoms with Crippen molar-refractivity contribution >= 4 is 22.4 Å². The average Bonchev–Trinajstić information content (AvgIpc) is 2.87. The molecule has 2 aromatic rings. The number of nitrogens with two attached hydrogens (primary N) is 1. The Hall–Kier alpha value is -1.62. The van der Waals surface area contributed by atoms with Crippen LogP contribution in [0, 0.1) is 0 Å². The van der Waals surface area contributed by atoms with Gasteiger partial charge >= 0.3 is 0 Å². The van der Waals surface area contributed by atoms with Gasteiger partial charge in [0.25, 0.3) is 0 Å². The number of hydrogen-bond donors (Lipinski definition) is 1. The van der Waals surface area contributed by atoms with Gasteiger partial charge in [0, 0.05) is 36.2 Å². The van der Waals surface area contributed by atoms with E-state index in [0.717, 1.165) is 36.2 Å².